The number of nitrogens with one attached hydrogen (secondary N) is 4. The van der Waals surface area contributed by atoms with Gasteiger partial charge in [-0.3, -0.25) is 5.41 Å². The van der Waals surface area contributed by atoms with Crippen LogP contribution < -0.4 is 16.0 Å². The largest absolute Gasteiger partial charge is 0.416 e. The van der Waals surface area contributed by atoms with Crippen molar-refractivity contribution in [3.05, 3.63) is 64.0 Å². The van der Waals surface area contributed by atoms with Gasteiger partial charge in [0, 0.05) is 11.4 Å². The molecule has 1 heterocycles. The van der Waals surface area contributed by atoms with Crippen LogP contribution in [0, 0.1) is 11.2 Å². The van der Waals surface area contributed by atoms with Gasteiger partial charge in [0.15, 0.2) is 11.7 Å². The molecule has 0 saturated heterocycles. The molecule has 0 saturated carbocycles. The van der Waals surface area contributed by atoms with Gasteiger partial charge < -0.3 is 21.2 Å². The van der Waals surface area contributed by atoms with E-state index in [1.54, 1.807) is 0 Å². The third-order valence-corrected chi connectivity index (χ3v) is 4.33. The average molecular weight is 502 g/mol. The van der Waals surface area contributed by atoms with Gasteiger partial charge in [-0.15, -0.1) is 0 Å². The van der Waals surface area contributed by atoms with Crippen LogP contribution in [0.4, 0.5) is 34.8 Å². The average Bonchev–Trinajstić information content (AvgIpc) is 3.16. The fraction of sp³-hybridized carbons (Fsp3) is 0.0588. The Morgan fingerprint density at radius 1 is 1.03 bits per heavy atom. The van der Waals surface area contributed by atoms with Crippen LogP contribution in [0.25, 0.3) is 0 Å². The lowest BCUT2D eigenvalue weighted by Gasteiger charge is -2.11. The van der Waals surface area contributed by atoms with Crippen molar-refractivity contribution in [2.75, 3.05) is 16.0 Å². The van der Waals surface area contributed by atoms with Crippen LogP contribution in [-0.2, 0) is 6.18 Å². The highest BCUT2D eigenvalue weighted by molar-refractivity contribution is 9.10. The summed E-state index contributed by atoms with van der Waals surface area (Å²) < 4.78 is 56.0. The highest BCUT2D eigenvalue weighted by Gasteiger charge is 2.30. The second-order valence-electron chi connectivity index (χ2n) is 5.86. The molecule has 0 unspecified atom stereocenters. The minimum absolute atomic E-state index is 0.123. The summed E-state index contributed by atoms with van der Waals surface area (Å²) in [4.78, 5) is 0. The maximum absolute atomic E-state index is 13.4. The van der Waals surface area contributed by atoms with Gasteiger partial charge in [-0.1, -0.05) is 5.16 Å². The van der Waals surface area contributed by atoms with Crippen LogP contribution in [0.2, 0.25) is 0 Å². The molecule has 0 aliphatic rings. The molecule has 0 spiro atoms. The summed E-state index contributed by atoms with van der Waals surface area (Å²) in [7, 11) is 0. The smallest absolute Gasteiger partial charge is 0.409 e. The number of alkyl halides is 3. The van der Waals surface area contributed by atoms with Gasteiger partial charge in [0.2, 0.25) is 11.7 Å². The Morgan fingerprint density at radius 2 is 1.71 bits per heavy atom. The number of aromatic nitrogens is 2. The fourth-order valence-electron chi connectivity index (χ4n) is 2.30. The van der Waals surface area contributed by atoms with E-state index < -0.39 is 17.6 Å². The molecule has 0 fully saturated rings. The Hall–Kier alpha value is -3.68. The monoisotopic (exact) mass is 501 g/mol. The standard InChI is InChI=1S/C17H12BrF4N7O2/c18-11-7-10(5-6-12(11)19)24-14(27-30)13-15(29-31-28-13)26-16(23)25-9-3-1-8(2-4-9)17(20,21)22/h1-7,30H,(H,24,27)(H3,23,25,26,29). The van der Waals surface area contributed by atoms with Gasteiger partial charge in [0.1, 0.15) is 5.82 Å². The third kappa shape index (κ3) is 5.48. The van der Waals surface area contributed by atoms with E-state index >= 15 is 0 Å². The summed E-state index contributed by atoms with van der Waals surface area (Å²) in [5.41, 5.74) is -0.411. The summed E-state index contributed by atoms with van der Waals surface area (Å²) in [5, 5.41) is 35.1. The molecule has 162 valence electrons. The number of halogens is 5. The van der Waals surface area contributed by atoms with Gasteiger partial charge in [0.05, 0.1) is 10.0 Å². The van der Waals surface area contributed by atoms with Crippen molar-refractivity contribution >= 4 is 44.9 Å². The summed E-state index contributed by atoms with van der Waals surface area (Å²) in [6.07, 6.45) is -4.47. The molecule has 0 aliphatic heterocycles. The Balaban J connectivity index is 1.70. The molecule has 3 rings (SSSR count). The number of guanidine groups is 1. The highest BCUT2D eigenvalue weighted by atomic mass is 79.9. The molecule has 5 N–H and O–H groups in total. The van der Waals surface area contributed by atoms with Gasteiger partial charge in [-0.25, -0.2) is 9.02 Å². The van der Waals surface area contributed by atoms with Crippen molar-refractivity contribution in [3.63, 3.8) is 0 Å². The topological polar surface area (TPSA) is 131 Å². The number of nitrogens with zero attached hydrogens (tertiary/aromatic N) is 3. The first-order chi connectivity index (χ1) is 14.7. The van der Waals surface area contributed by atoms with Crippen LogP contribution in [0.15, 0.2) is 56.7 Å². The number of rotatable bonds is 4. The Kier molecular flexibility index (Phi) is 6.39. The first-order valence-electron chi connectivity index (χ1n) is 8.24. The van der Waals surface area contributed by atoms with E-state index in [0.717, 1.165) is 24.3 Å². The molecule has 3 aromatic rings. The lowest BCUT2D eigenvalue weighted by atomic mass is 10.2. The van der Waals surface area contributed by atoms with Crippen molar-refractivity contribution in [2.45, 2.75) is 6.18 Å². The quantitative estimate of drug-likeness (QED) is 0.115. The summed E-state index contributed by atoms with van der Waals surface area (Å²) in [6, 6.07) is 7.95. The molecule has 0 radical (unpaired) electrons. The first-order valence-corrected chi connectivity index (χ1v) is 9.03. The molecular formula is C17H12BrF4N7O2. The lowest BCUT2D eigenvalue weighted by molar-refractivity contribution is -0.137. The molecule has 9 nitrogen and oxygen atoms in total. The van der Waals surface area contributed by atoms with Crippen LogP contribution in [0.5, 0.6) is 0 Å². The van der Waals surface area contributed by atoms with Crippen molar-refractivity contribution in [3.8, 4) is 0 Å². The lowest BCUT2D eigenvalue weighted by Crippen LogP contribution is -2.23. The minimum Gasteiger partial charge on any atom is -0.409 e. The van der Waals surface area contributed by atoms with Crippen LogP contribution in [0.3, 0.4) is 0 Å². The molecule has 0 aliphatic carbocycles. The van der Waals surface area contributed by atoms with E-state index in [2.05, 4.69) is 52.0 Å². The summed E-state index contributed by atoms with van der Waals surface area (Å²) in [5.74, 6) is -1.24. The number of oxime groups is 1. The molecule has 2 aromatic carbocycles. The first kappa shape index (κ1) is 22.0. The molecule has 0 bridgehead atoms. The van der Waals surface area contributed by atoms with Gasteiger partial charge in [-0.05, 0) is 68.7 Å². The van der Waals surface area contributed by atoms with Gasteiger partial charge in [0.25, 0.3) is 0 Å². The predicted octanol–water partition coefficient (Wildman–Crippen LogP) is 4.70. The second kappa shape index (κ2) is 8.99. The Bertz CT molecular complexity index is 1120. The maximum Gasteiger partial charge on any atom is 0.416 e. The molecule has 1 aromatic heterocycles. The number of benzene rings is 2. The molecular weight excluding hydrogens is 490 g/mol. The number of hydrogen-bond donors (Lipinski definition) is 5. The van der Waals surface area contributed by atoms with Crippen LogP contribution >= 0.6 is 15.9 Å². The van der Waals surface area contributed by atoms with E-state index in [0.29, 0.717) is 5.69 Å². The van der Waals surface area contributed by atoms with Gasteiger partial charge in [-0.2, -0.15) is 13.2 Å². The molecule has 31 heavy (non-hydrogen) atoms. The fourth-order valence-corrected chi connectivity index (χ4v) is 2.68. The Morgan fingerprint density at radius 3 is 2.32 bits per heavy atom. The van der Waals surface area contributed by atoms with Gasteiger partial charge >= 0.3 is 6.18 Å². The molecule has 14 heteroatoms. The third-order valence-electron chi connectivity index (χ3n) is 3.72. The highest BCUT2D eigenvalue weighted by Crippen LogP contribution is 2.29. The van der Waals surface area contributed by atoms with E-state index in [4.69, 9.17) is 5.41 Å². The number of anilines is 3. The maximum atomic E-state index is 13.4. The minimum atomic E-state index is -4.47. The van der Waals surface area contributed by atoms with Crippen LogP contribution in [0.1, 0.15) is 11.3 Å². The molecule has 0 amide bonds. The van der Waals surface area contributed by atoms with E-state index in [-0.39, 0.29) is 33.5 Å². The van der Waals surface area contributed by atoms with E-state index in [1.165, 1.54) is 18.2 Å². The van der Waals surface area contributed by atoms with E-state index in [9.17, 15) is 22.8 Å². The zero-order valence-electron chi connectivity index (χ0n) is 15.1. The zero-order chi connectivity index (χ0) is 22.6. The SMILES string of the molecule is N=C(Nc1ccc(C(F)(F)F)cc1)Nc1nonc1/C(=N/O)Nc1ccc(F)c(Br)c1. The second-order valence-corrected chi connectivity index (χ2v) is 6.72. The van der Waals surface area contributed by atoms with E-state index in [1.807, 2.05) is 0 Å². The summed E-state index contributed by atoms with van der Waals surface area (Å²) >= 11 is 3.03. The van der Waals surface area contributed by atoms with Crippen molar-refractivity contribution in [1.82, 2.24) is 10.3 Å². The normalized spacial score (nSPS) is 11.8. The number of hydrogen-bond acceptors (Lipinski definition) is 6. The van der Waals surface area contributed by atoms with Crippen molar-refractivity contribution < 1.29 is 27.4 Å². The predicted molar refractivity (Wildman–Crippen MR) is 107 cm³/mol. The van der Waals surface area contributed by atoms with Crippen LogP contribution in [-0.4, -0.2) is 27.3 Å². The zero-order valence-corrected chi connectivity index (χ0v) is 16.7. The Labute approximate surface area is 179 Å². The summed E-state index contributed by atoms with van der Waals surface area (Å²) in [6.45, 7) is 0. The van der Waals surface area contributed by atoms with Crippen molar-refractivity contribution in [1.29, 1.82) is 5.41 Å². The molecule has 0 atom stereocenters. The van der Waals surface area contributed by atoms with Crippen molar-refractivity contribution in [2.24, 2.45) is 5.16 Å². The number of amidine groups is 1.